The van der Waals surface area contributed by atoms with Crippen LogP contribution in [0.15, 0.2) is 54.6 Å². The van der Waals surface area contributed by atoms with E-state index in [1.54, 1.807) is 0 Å². The molecular weight excluding hydrogens is 334 g/mol. The summed E-state index contributed by atoms with van der Waals surface area (Å²) < 4.78 is 1.88. The highest BCUT2D eigenvalue weighted by Gasteiger charge is 2.16. The smallest absolute Gasteiger partial charge is 0.268 e. The van der Waals surface area contributed by atoms with E-state index in [2.05, 4.69) is 29.3 Å². The van der Waals surface area contributed by atoms with Gasteiger partial charge in [0.2, 0.25) is 0 Å². The van der Waals surface area contributed by atoms with Gasteiger partial charge in [0, 0.05) is 48.3 Å². The van der Waals surface area contributed by atoms with Crippen LogP contribution in [0.2, 0.25) is 5.02 Å². The molecule has 0 bridgehead atoms. The van der Waals surface area contributed by atoms with Crippen LogP contribution in [-0.4, -0.2) is 30.1 Å². The highest BCUT2D eigenvalue weighted by molar-refractivity contribution is 6.31. The average molecular weight is 356 g/mol. The quantitative estimate of drug-likeness (QED) is 0.748. The number of benzene rings is 2. The van der Waals surface area contributed by atoms with Gasteiger partial charge >= 0.3 is 0 Å². The number of amides is 1. The molecule has 1 atom stereocenters. The first-order chi connectivity index (χ1) is 12.0. The Hall–Kier alpha value is -2.46. The second-order valence-electron chi connectivity index (χ2n) is 6.30. The molecule has 0 fully saturated rings. The summed E-state index contributed by atoms with van der Waals surface area (Å²) in [5.74, 6) is -0.0804. The molecule has 3 rings (SSSR count). The minimum Gasteiger partial charge on any atom is -0.370 e. The minimum atomic E-state index is -0.0804. The van der Waals surface area contributed by atoms with Crippen molar-refractivity contribution in [3.8, 4) is 0 Å². The first-order valence-corrected chi connectivity index (χ1v) is 8.66. The molecule has 25 heavy (non-hydrogen) atoms. The molecule has 0 aliphatic heterocycles. The fraction of sp³-hybridized carbons (Fsp3) is 0.250. The van der Waals surface area contributed by atoms with E-state index >= 15 is 0 Å². The van der Waals surface area contributed by atoms with E-state index in [1.807, 2.05) is 61.1 Å². The molecule has 0 saturated heterocycles. The van der Waals surface area contributed by atoms with Gasteiger partial charge in [-0.1, -0.05) is 35.9 Å². The number of hydrogen-bond donors (Lipinski definition) is 1. The zero-order valence-electron chi connectivity index (χ0n) is 14.7. The number of hydrogen-bond acceptors (Lipinski definition) is 2. The summed E-state index contributed by atoms with van der Waals surface area (Å²) >= 11 is 6.06. The van der Waals surface area contributed by atoms with Crippen LogP contribution in [0.5, 0.6) is 0 Å². The number of aryl methyl sites for hydroxylation is 1. The van der Waals surface area contributed by atoms with Crippen LogP contribution < -0.4 is 10.2 Å². The van der Waals surface area contributed by atoms with Crippen molar-refractivity contribution in [2.24, 2.45) is 7.05 Å². The van der Waals surface area contributed by atoms with E-state index in [-0.39, 0.29) is 11.9 Å². The molecule has 0 spiro atoms. The molecule has 5 heteroatoms. The van der Waals surface area contributed by atoms with Crippen LogP contribution in [0.4, 0.5) is 5.69 Å². The predicted octanol–water partition coefficient (Wildman–Crippen LogP) is 4.09. The van der Waals surface area contributed by atoms with E-state index in [1.165, 1.54) is 0 Å². The Labute approximate surface area is 153 Å². The van der Waals surface area contributed by atoms with Crippen molar-refractivity contribution in [1.82, 2.24) is 9.88 Å². The van der Waals surface area contributed by atoms with Gasteiger partial charge in [0.1, 0.15) is 5.69 Å². The summed E-state index contributed by atoms with van der Waals surface area (Å²) in [6, 6.07) is 17.9. The van der Waals surface area contributed by atoms with Gasteiger partial charge in [0.15, 0.2) is 0 Å². The van der Waals surface area contributed by atoms with Gasteiger partial charge in [0.25, 0.3) is 5.91 Å². The SMILES string of the molecule is CC(CNC(=O)c1cc2ccc(Cl)cc2n1C)N(C)c1ccccc1. The van der Waals surface area contributed by atoms with Crippen LogP contribution in [0.1, 0.15) is 17.4 Å². The summed E-state index contributed by atoms with van der Waals surface area (Å²) in [7, 11) is 3.91. The molecule has 4 nitrogen and oxygen atoms in total. The number of nitrogens with zero attached hydrogens (tertiary/aromatic N) is 2. The molecular formula is C20H22ClN3O. The summed E-state index contributed by atoms with van der Waals surface area (Å²) in [5, 5.41) is 4.70. The first kappa shape index (κ1) is 17.4. The van der Waals surface area contributed by atoms with Crippen LogP contribution in [0, 0.1) is 0 Å². The monoisotopic (exact) mass is 355 g/mol. The fourth-order valence-electron chi connectivity index (χ4n) is 2.91. The first-order valence-electron chi connectivity index (χ1n) is 8.28. The van der Waals surface area contributed by atoms with Gasteiger partial charge in [0.05, 0.1) is 0 Å². The Balaban J connectivity index is 1.69. The largest absolute Gasteiger partial charge is 0.370 e. The van der Waals surface area contributed by atoms with Gasteiger partial charge in [-0.05, 0) is 37.3 Å². The normalized spacial score (nSPS) is 12.2. The van der Waals surface area contributed by atoms with Crippen LogP contribution in [-0.2, 0) is 7.05 Å². The lowest BCUT2D eigenvalue weighted by Crippen LogP contribution is -2.40. The lowest BCUT2D eigenvalue weighted by Gasteiger charge is -2.27. The standard InChI is InChI=1S/C20H22ClN3O/c1-14(23(2)17-7-5-4-6-8-17)13-22-20(25)19-11-15-9-10-16(21)12-18(15)24(19)3/h4-12,14H,13H2,1-3H3,(H,22,25). The summed E-state index contributed by atoms with van der Waals surface area (Å²) in [6.07, 6.45) is 0. The minimum absolute atomic E-state index is 0.0804. The molecule has 0 radical (unpaired) electrons. The third-order valence-electron chi connectivity index (χ3n) is 4.62. The molecule has 1 aromatic heterocycles. The average Bonchev–Trinajstić information content (AvgIpc) is 2.96. The van der Waals surface area contributed by atoms with Gasteiger partial charge in [-0.2, -0.15) is 0 Å². The van der Waals surface area contributed by atoms with Crippen molar-refractivity contribution in [3.63, 3.8) is 0 Å². The Morgan fingerprint density at radius 1 is 1.20 bits per heavy atom. The third kappa shape index (κ3) is 3.64. The van der Waals surface area contributed by atoms with E-state index in [4.69, 9.17) is 11.6 Å². The van der Waals surface area contributed by atoms with Crippen molar-refractivity contribution in [2.75, 3.05) is 18.5 Å². The molecule has 1 amide bonds. The number of para-hydroxylation sites is 1. The number of likely N-dealkylation sites (N-methyl/N-ethyl adjacent to an activating group) is 1. The van der Waals surface area contributed by atoms with Crippen molar-refractivity contribution >= 4 is 34.1 Å². The lowest BCUT2D eigenvalue weighted by molar-refractivity contribution is 0.0944. The van der Waals surface area contributed by atoms with Crippen molar-refractivity contribution in [2.45, 2.75) is 13.0 Å². The molecule has 0 aliphatic rings. The number of carbonyl (C=O) groups excluding carboxylic acids is 1. The second kappa shape index (κ2) is 7.19. The lowest BCUT2D eigenvalue weighted by atomic mass is 10.2. The number of aromatic nitrogens is 1. The van der Waals surface area contributed by atoms with Crippen LogP contribution in [0.25, 0.3) is 10.9 Å². The summed E-state index contributed by atoms with van der Waals surface area (Å²) in [5.41, 5.74) is 2.71. The highest BCUT2D eigenvalue weighted by Crippen LogP contribution is 2.22. The van der Waals surface area contributed by atoms with E-state index in [0.717, 1.165) is 16.6 Å². The van der Waals surface area contributed by atoms with E-state index < -0.39 is 0 Å². The molecule has 130 valence electrons. The van der Waals surface area contributed by atoms with Crippen LogP contribution >= 0.6 is 11.6 Å². The number of carbonyl (C=O) groups is 1. The maximum atomic E-state index is 12.6. The third-order valence-corrected chi connectivity index (χ3v) is 4.86. The Kier molecular flexibility index (Phi) is 5.00. The molecule has 3 aromatic rings. The van der Waals surface area contributed by atoms with Gasteiger partial charge in [-0.25, -0.2) is 0 Å². The summed E-state index contributed by atoms with van der Waals surface area (Å²) in [6.45, 7) is 2.65. The Morgan fingerprint density at radius 3 is 2.64 bits per heavy atom. The zero-order valence-corrected chi connectivity index (χ0v) is 15.4. The van der Waals surface area contributed by atoms with Crippen LogP contribution in [0.3, 0.4) is 0 Å². The molecule has 1 unspecified atom stereocenters. The van der Waals surface area contributed by atoms with Crippen molar-refractivity contribution < 1.29 is 4.79 Å². The van der Waals surface area contributed by atoms with E-state index in [9.17, 15) is 4.79 Å². The summed E-state index contributed by atoms with van der Waals surface area (Å²) in [4.78, 5) is 14.8. The second-order valence-corrected chi connectivity index (χ2v) is 6.73. The number of halogens is 1. The fourth-order valence-corrected chi connectivity index (χ4v) is 3.07. The maximum absolute atomic E-state index is 12.6. The Bertz CT molecular complexity index is 889. The number of fused-ring (bicyclic) bond motifs is 1. The number of rotatable bonds is 5. The number of anilines is 1. The molecule has 1 heterocycles. The molecule has 0 aliphatic carbocycles. The van der Waals surface area contributed by atoms with E-state index in [0.29, 0.717) is 17.3 Å². The molecule has 2 aromatic carbocycles. The topological polar surface area (TPSA) is 37.3 Å². The number of nitrogens with one attached hydrogen (secondary N) is 1. The zero-order chi connectivity index (χ0) is 18.0. The van der Waals surface area contributed by atoms with Crippen molar-refractivity contribution in [1.29, 1.82) is 0 Å². The van der Waals surface area contributed by atoms with Gasteiger partial charge < -0.3 is 14.8 Å². The molecule has 0 saturated carbocycles. The van der Waals surface area contributed by atoms with Crippen molar-refractivity contribution in [3.05, 3.63) is 65.3 Å². The predicted molar refractivity (Wildman–Crippen MR) is 105 cm³/mol. The van der Waals surface area contributed by atoms with Gasteiger partial charge in [-0.3, -0.25) is 4.79 Å². The molecule has 1 N–H and O–H groups in total. The maximum Gasteiger partial charge on any atom is 0.268 e. The van der Waals surface area contributed by atoms with Gasteiger partial charge in [-0.15, -0.1) is 0 Å². The highest BCUT2D eigenvalue weighted by atomic mass is 35.5. The Morgan fingerprint density at radius 2 is 1.92 bits per heavy atom.